The van der Waals surface area contributed by atoms with Crippen LogP contribution in [0.15, 0.2) is 0 Å². The van der Waals surface area contributed by atoms with Crippen LogP contribution in [0.1, 0.15) is 39.0 Å². The molecule has 0 N–H and O–H groups in total. The number of carbonyl (C=O) groups is 1. The summed E-state index contributed by atoms with van der Waals surface area (Å²) in [5.41, 5.74) is 0. The summed E-state index contributed by atoms with van der Waals surface area (Å²) in [4.78, 5) is 13.7. The van der Waals surface area contributed by atoms with Crippen molar-refractivity contribution in [2.45, 2.75) is 45.1 Å². The summed E-state index contributed by atoms with van der Waals surface area (Å²) in [6, 6.07) is 0. The van der Waals surface area contributed by atoms with E-state index in [-0.39, 0.29) is 6.10 Å². The molecule has 1 aliphatic rings. The van der Waals surface area contributed by atoms with Gasteiger partial charge in [-0.1, -0.05) is 0 Å². The molecule has 1 saturated heterocycles. The number of rotatable bonds is 4. The van der Waals surface area contributed by atoms with Gasteiger partial charge in [0.05, 0.1) is 6.10 Å². The molecule has 1 fully saturated rings. The summed E-state index contributed by atoms with van der Waals surface area (Å²) in [6.45, 7) is 3.92. The van der Waals surface area contributed by atoms with Crippen molar-refractivity contribution in [3.8, 4) is 0 Å². The van der Waals surface area contributed by atoms with Crippen molar-refractivity contribution in [3.63, 3.8) is 0 Å². The average Bonchev–Trinajstić information content (AvgIpc) is 2.26. The van der Waals surface area contributed by atoms with Gasteiger partial charge >= 0.3 is 0 Å². The second-order valence-corrected chi connectivity index (χ2v) is 4.03. The predicted octanol–water partition coefficient (Wildman–Crippen LogP) is 1.81. The molecule has 82 valence electrons. The van der Waals surface area contributed by atoms with E-state index >= 15 is 0 Å². The van der Waals surface area contributed by atoms with Crippen LogP contribution in [-0.2, 0) is 9.53 Å². The van der Waals surface area contributed by atoms with Crippen molar-refractivity contribution in [3.05, 3.63) is 0 Å². The van der Waals surface area contributed by atoms with E-state index in [9.17, 15) is 4.79 Å². The molecule has 0 bridgehead atoms. The van der Waals surface area contributed by atoms with Gasteiger partial charge in [-0.05, 0) is 32.6 Å². The number of methoxy groups -OCH3 is 1. The Hall–Kier alpha value is -0.570. The Bertz CT molecular complexity index is 176. The van der Waals surface area contributed by atoms with E-state index in [0.29, 0.717) is 12.3 Å². The number of piperidine rings is 1. The highest BCUT2D eigenvalue weighted by Gasteiger charge is 2.16. The molecule has 3 nitrogen and oxygen atoms in total. The van der Waals surface area contributed by atoms with Gasteiger partial charge in [-0.25, -0.2) is 0 Å². The second kappa shape index (κ2) is 6.02. The molecule has 0 radical (unpaired) electrons. The molecule has 3 heteroatoms. The monoisotopic (exact) mass is 199 g/mol. The first kappa shape index (κ1) is 11.5. The van der Waals surface area contributed by atoms with Gasteiger partial charge in [0.2, 0.25) is 5.91 Å². The highest BCUT2D eigenvalue weighted by molar-refractivity contribution is 5.76. The summed E-state index contributed by atoms with van der Waals surface area (Å²) in [6.07, 6.45) is 5.29. The first-order chi connectivity index (χ1) is 6.74. The summed E-state index contributed by atoms with van der Waals surface area (Å²) in [5.74, 6) is 0.300. The summed E-state index contributed by atoms with van der Waals surface area (Å²) < 4.78 is 5.12. The SMILES string of the molecule is COC(C)CCC(=O)N1CCCCC1. The highest BCUT2D eigenvalue weighted by atomic mass is 16.5. The van der Waals surface area contributed by atoms with E-state index in [2.05, 4.69) is 0 Å². The third kappa shape index (κ3) is 3.66. The fourth-order valence-corrected chi connectivity index (χ4v) is 1.75. The predicted molar refractivity (Wildman–Crippen MR) is 56.1 cm³/mol. The molecule has 0 aromatic rings. The van der Waals surface area contributed by atoms with E-state index in [1.807, 2.05) is 11.8 Å². The molecular weight excluding hydrogens is 178 g/mol. The van der Waals surface area contributed by atoms with Crippen LogP contribution in [0.25, 0.3) is 0 Å². The maximum atomic E-state index is 11.7. The minimum atomic E-state index is 0.198. The van der Waals surface area contributed by atoms with Gasteiger partial charge in [0.25, 0.3) is 0 Å². The van der Waals surface area contributed by atoms with Gasteiger partial charge in [-0.15, -0.1) is 0 Å². The zero-order valence-electron chi connectivity index (χ0n) is 9.29. The number of hydrogen-bond donors (Lipinski definition) is 0. The Labute approximate surface area is 86.4 Å². The topological polar surface area (TPSA) is 29.5 Å². The molecule has 0 aromatic heterocycles. The normalized spacial score (nSPS) is 19.4. The molecule has 1 amide bonds. The third-order valence-electron chi connectivity index (χ3n) is 2.88. The van der Waals surface area contributed by atoms with E-state index in [4.69, 9.17) is 4.74 Å². The number of likely N-dealkylation sites (tertiary alicyclic amines) is 1. The van der Waals surface area contributed by atoms with Crippen LogP contribution in [0.4, 0.5) is 0 Å². The summed E-state index contributed by atoms with van der Waals surface area (Å²) in [7, 11) is 1.69. The standard InChI is InChI=1S/C11H21NO2/c1-10(14-2)6-7-11(13)12-8-4-3-5-9-12/h10H,3-9H2,1-2H3. The lowest BCUT2D eigenvalue weighted by Crippen LogP contribution is -2.35. The van der Waals surface area contributed by atoms with Crippen molar-refractivity contribution in [2.24, 2.45) is 0 Å². The fourth-order valence-electron chi connectivity index (χ4n) is 1.75. The van der Waals surface area contributed by atoms with Crippen LogP contribution < -0.4 is 0 Å². The van der Waals surface area contributed by atoms with Gasteiger partial charge in [0, 0.05) is 26.6 Å². The van der Waals surface area contributed by atoms with Crippen LogP contribution >= 0.6 is 0 Å². The minimum Gasteiger partial charge on any atom is -0.382 e. The van der Waals surface area contributed by atoms with Crippen LogP contribution in [0.5, 0.6) is 0 Å². The van der Waals surface area contributed by atoms with E-state index < -0.39 is 0 Å². The molecular formula is C11H21NO2. The lowest BCUT2D eigenvalue weighted by molar-refractivity contribution is -0.132. The average molecular weight is 199 g/mol. The minimum absolute atomic E-state index is 0.198. The number of carbonyl (C=O) groups excluding carboxylic acids is 1. The molecule has 1 aliphatic heterocycles. The highest BCUT2D eigenvalue weighted by Crippen LogP contribution is 2.11. The van der Waals surface area contributed by atoms with Crippen molar-refractivity contribution in [1.82, 2.24) is 4.90 Å². The molecule has 1 unspecified atom stereocenters. The molecule has 0 spiro atoms. The maximum absolute atomic E-state index is 11.7. The van der Waals surface area contributed by atoms with Crippen molar-refractivity contribution in [2.75, 3.05) is 20.2 Å². The van der Waals surface area contributed by atoms with Crippen LogP contribution in [0.3, 0.4) is 0 Å². The Morgan fingerprint density at radius 2 is 2.00 bits per heavy atom. The molecule has 0 aromatic carbocycles. The molecule has 0 saturated carbocycles. The third-order valence-corrected chi connectivity index (χ3v) is 2.88. The quantitative estimate of drug-likeness (QED) is 0.691. The molecule has 1 atom stereocenters. The fraction of sp³-hybridized carbons (Fsp3) is 0.909. The van der Waals surface area contributed by atoms with Crippen LogP contribution in [0, 0.1) is 0 Å². The summed E-state index contributed by atoms with van der Waals surface area (Å²) >= 11 is 0. The lowest BCUT2D eigenvalue weighted by Gasteiger charge is -2.27. The molecule has 1 heterocycles. The van der Waals surface area contributed by atoms with Crippen molar-refractivity contribution < 1.29 is 9.53 Å². The van der Waals surface area contributed by atoms with E-state index in [1.54, 1.807) is 7.11 Å². The number of amides is 1. The smallest absolute Gasteiger partial charge is 0.222 e. The van der Waals surface area contributed by atoms with Gasteiger partial charge in [-0.3, -0.25) is 4.79 Å². The molecule has 14 heavy (non-hydrogen) atoms. The molecule has 1 rings (SSSR count). The Balaban J connectivity index is 2.19. The number of nitrogens with zero attached hydrogens (tertiary/aromatic N) is 1. The van der Waals surface area contributed by atoms with Gasteiger partial charge < -0.3 is 9.64 Å². The Kier molecular flexibility index (Phi) is 4.94. The second-order valence-electron chi connectivity index (χ2n) is 4.03. The van der Waals surface area contributed by atoms with Gasteiger partial charge in [0.15, 0.2) is 0 Å². The Morgan fingerprint density at radius 1 is 1.36 bits per heavy atom. The van der Waals surface area contributed by atoms with Crippen LogP contribution in [-0.4, -0.2) is 37.1 Å². The van der Waals surface area contributed by atoms with E-state index in [0.717, 1.165) is 19.5 Å². The van der Waals surface area contributed by atoms with Gasteiger partial charge in [-0.2, -0.15) is 0 Å². The van der Waals surface area contributed by atoms with Crippen LogP contribution in [0.2, 0.25) is 0 Å². The van der Waals surface area contributed by atoms with Crippen molar-refractivity contribution in [1.29, 1.82) is 0 Å². The first-order valence-electron chi connectivity index (χ1n) is 5.54. The van der Waals surface area contributed by atoms with Crippen molar-refractivity contribution >= 4 is 5.91 Å². The zero-order valence-corrected chi connectivity index (χ0v) is 9.29. The zero-order chi connectivity index (χ0) is 10.4. The maximum Gasteiger partial charge on any atom is 0.222 e. The Morgan fingerprint density at radius 3 is 2.57 bits per heavy atom. The number of hydrogen-bond acceptors (Lipinski definition) is 2. The largest absolute Gasteiger partial charge is 0.382 e. The van der Waals surface area contributed by atoms with Gasteiger partial charge in [0.1, 0.15) is 0 Å². The summed E-state index contributed by atoms with van der Waals surface area (Å²) in [5, 5.41) is 0. The molecule has 0 aliphatic carbocycles. The lowest BCUT2D eigenvalue weighted by atomic mass is 10.1. The first-order valence-corrected chi connectivity index (χ1v) is 5.54. The van der Waals surface area contributed by atoms with E-state index in [1.165, 1.54) is 19.3 Å². The number of ether oxygens (including phenoxy) is 1.